The number of rotatable bonds is 3. The van der Waals surface area contributed by atoms with Gasteiger partial charge in [0.1, 0.15) is 11.3 Å². The lowest BCUT2D eigenvalue weighted by Crippen LogP contribution is -1.87. The summed E-state index contributed by atoms with van der Waals surface area (Å²) in [6.45, 7) is 1.50. The van der Waals surface area contributed by atoms with Crippen LogP contribution in [0, 0.1) is 6.92 Å². The average Bonchev–Trinajstić information content (AvgIpc) is 2.94. The van der Waals surface area contributed by atoms with E-state index in [2.05, 4.69) is 20.4 Å². The molecule has 3 heterocycles. The number of imidazole rings is 1. The maximum Gasteiger partial charge on any atom is 0.137 e. The highest BCUT2D eigenvalue weighted by molar-refractivity contribution is 5.62. The van der Waals surface area contributed by atoms with Gasteiger partial charge in [0.2, 0.25) is 0 Å². The van der Waals surface area contributed by atoms with Crippen molar-refractivity contribution in [2.24, 2.45) is 0 Å². The molecular weight excluding hydrogens is 233 g/mol. The first-order valence-corrected chi connectivity index (χ1v) is 5.69. The molecule has 0 saturated heterocycles. The van der Waals surface area contributed by atoms with E-state index in [1.807, 2.05) is 35.9 Å². The largest absolute Gasteiger partial charge is 0.306 e. The summed E-state index contributed by atoms with van der Waals surface area (Å²) in [5, 5.41) is 10.7. The second-order valence-electron chi connectivity index (χ2n) is 4.11. The molecule has 18 heavy (non-hydrogen) atoms. The normalized spacial score (nSPS) is 11.2. The number of aryl methyl sites for hydroxylation is 2. The van der Waals surface area contributed by atoms with Crippen LogP contribution in [0.5, 0.6) is 0 Å². The van der Waals surface area contributed by atoms with Crippen LogP contribution in [0.4, 0.5) is 4.39 Å². The number of H-pyrrole nitrogens is 1. The van der Waals surface area contributed by atoms with Gasteiger partial charge in [-0.15, -0.1) is 0 Å². The third-order valence-corrected chi connectivity index (χ3v) is 2.85. The number of aromatic nitrogens is 5. The molecule has 0 fully saturated rings. The summed E-state index contributed by atoms with van der Waals surface area (Å²) in [6, 6.07) is 3.83. The Bertz CT molecular complexity index is 685. The third kappa shape index (κ3) is 1.75. The Morgan fingerprint density at radius 1 is 1.28 bits per heavy atom. The van der Waals surface area contributed by atoms with Gasteiger partial charge in [0, 0.05) is 24.4 Å². The Morgan fingerprint density at radius 2 is 2.17 bits per heavy atom. The molecule has 0 bridgehead atoms. The highest BCUT2D eigenvalue weighted by Crippen LogP contribution is 2.19. The van der Waals surface area contributed by atoms with Crippen LogP contribution < -0.4 is 0 Å². The Labute approximate surface area is 103 Å². The molecule has 0 aliphatic rings. The minimum absolute atomic E-state index is 0.347. The van der Waals surface area contributed by atoms with Crippen LogP contribution in [0.3, 0.4) is 0 Å². The van der Waals surface area contributed by atoms with Crippen molar-refractivity contribution in [3.05, 3.63) is 35.9 Å². The molecule has 6 heteroatoms. The van der Waals surface area contributed by atoms with Crippen molar-refractivity contribution >= 4 is 5.65 Å². The number of pyridine rings is 1. The predicted octanol–water partition coefficient (Wildman–Crippen LogP) is 1.94. The molecular formula is C12H12FN5. The maximum absolute atomic E-state index is 12.3. The van der Waals surface area contributed by atoms with Gasteiger partial charge in [0.05, 0.1) is 18.1 Å². The van der Waals surface area contributed by atoms with Crippen LogP contribution in [0.25, 0.3) is 16.9 Å². The monoisotopic (exact) mass is 245 g/mol. The van der Waals surface area contributed by atoms with Gasteiger partial charge in [-0.25, -0.2) is 4.98 Å². The lowest BCUT2D eigenvalue weighted by Gasteiger charge is -1.98. The number of nitrogens with one attached hydrogen (secondary N) is 1. The Hall–Kier alpha value is -2.24. The standard InChI is InChI=1S/C12H12FN5/c1-8-12(16-17-15-8)9-2-3-11-14-10(4-5-13)7-18(11)6-9/h2-3,6-7H,4-5H2,1H3,(H,15,16,17). The fourth-order valence-electron chi connectivity index (χ4n) is 1.96. The zero-order valence-corrected chi connectivity index (χ0v) is 9.89. The number of nitrogens with zero attached hydrogens (tertiary/aromatic N) is 4. The zero-order chi connectivity index (χ0) is 12.5. The van der Waals surface area contributed by atoms with Crippen molar-refractivity contribution in [1.82, 2.24) is 24.8 Å². The molecule has 0 spiro atoms. The smallest absolute Gasteiger partial charge is 0.137 e. The van der Waals surface area contributed by atoms with Gasteiger partial charge in [0.15, 0.2) is 0 Å². The molecule has 0 aromatic carbocycles. The van der Waals surface area contributed by atoms with Gasteiger partial charge in [-0.05, 0) is 19.1 Å². The van der Waals surface area contributed by atoms with E-state index in [4.69, 9.17) is 0 Å². The highest BCUT2D eigenvalue weighted by atomic mass is 19.1. The first kappa shape index (κ1) is 10.9. The van der Waals surface area contributed by atoms with Crippen molar-refractivity contribution < 1.29 is 4.39 Å². The van der Waals surface area contributed by atoms with E-state index in [9.17, 15) is 4.39 Å². The van der Waals surface area contributed by atoms with Crippen LogP contribution in [0.15, 0.2) is 24.5 Å². The van der Waals surface area contributed by atoms with Crippen molar-refractivity contribution in [2.75, 3.05) is 6.67 Å². The summed E-state index contributed by atoms with van der Waals surface area (Å²) in [5.41, 5.74) is 4.18. The van der Waals surface area contributed by atoms with Crippen LogP contribution >= 0.6 is 0 Å². The van der Waals surface area contributed by atoms with Crippen molar-refractivity contribution in [3.8, 4) is 11.3 Å². The number of aromatic amines is 1. The van der Waals surface area contributed by atoms with E-state index in [0.717, 1.165) is 28.3 Å². The van der Waals surface area contributed by atoms with Crippen LogP contribution in [-0.4, -0.2) is 31.5 Å². The first-order chi connectivity index (χ1) is 8.78. The van der Waals surface area contributed by atoms with E-state index >= 15 is 0 Å². The summed E-state index contributed by atoms with van der Waals surface area (Å²) in [5.74, 6) is 0. The van der Waals surface area contributed by atoms with Crippen molar-refractivity contribution in [2.45, 2.75) is 13.3 Å². The van der Waals surface area contributed by atoms with Gasteiger partial charge in [0.25, 0.3) is 0 Å². The molecule has 0 aliphatic carbocycles. The molecule has 5 nitrogen and oxygen atoms in total. The summed E-state index contributed by atoms with van der Waals surface area (Å²) in [7, 11) is 0. The van der Waals surface area contributed by atoms with Gasteiger partial charge < -0.3 is 4.40 Å². The van der Waals surface area contributed by atoms with E-state index in [1.165, 1.54) is 0 Å². The Morgan fingerprint density at radius 3 is 2.89 bits per heavy atom. The summed E-state index contributed by atoms with van der Waals surface area (Å²) in [6.07, 6.45) is 4.11. The number of hydrogen-bond acceptors (Lipinski definition) is 3. The SMILES string of the molecule is Cc1n[nH]nc1-c1ccc2nc(CCF)cn2c1. The maximum atomic E-state index is 12.3. The van der Waals surface area contributed by atoms with Crippen molar-refractivity contribution in [1.29, 1.82) is 0 Å². The van der Waals surface area contributed by atoms with E-state index in [0.29, 0.717) is 6.42 Å². The molecule has 0 saturated carbocycles. The van der Waals surface area contributed by atoms with Gasteiger partial charge in [-0.2, -0.15) is 15.4 Å². The van der Waals surface area contributed by atoms with E-state index < -0.39 is 0 Å². The van der Waals surface area contributed by atoms with E-state index in [-0.39, 0.29) is 6.67 Å². The average molecular weight is 245 g/mol. The molecule has 0 atom stereocenters. The quantitative estimate of drug-likeness (QED) is 0.767. The minimum atomic E-state index is -0.390. The lowest BCUT2D eigenvalue weighted by atomic mass is 10.2. The number of hydrogen-bond donors (Lipinski definition) is 1. The molecule has 0 amide bonds. The highest BCUT2D eigenvalue weighted by Gasteiger charge is 2.08. The zero-order valence-electron chi connectivity index (χ0n) is 9.89. The fourth-order valence-corrected chi connectivity index (χ4v) is 1.96. The molecule has 3 aromatic heterocycles. The summed E-state index contributed by atoms with van der Waals surface area (Å²) < 4.78 is 14.2. The van der Waals surface area contributed by atoms with Crippen LogP contribution in [0.1, 0.15) is 11.4 Å². The predicted molar refractivity (Wildman–Crippen MR) is 65.0 cm³/mol. The van der Waals surface area contributed by atoms with Crippen LogP contribution in [-0.2, 0) is 6.42 Å². The topological polar surface area (TPSA) is 58.9 Å². The molecule has 92 valence electrons. The fraction of sp³-hybridized carbons (Fsp3) is 0.250. The van der Waals surface area contributed by atoms with Gasteiger partial charge in [-0.3, -0.25) is 4.39 Å². The molecule has 3 aromatic rings. The van der Waals surface area contributed by atoms with Crippen molar-refractivity contribution in [3.63, 3.8) is 0 Å². The van der Waals surface area contributed by atoms with Gasteiger partial charge in [-0.1, -0.05) is 0 Å². The summed E-state index contributed by atoms with van der Waals surface area (Å²) >= 11 is 0. The molecule has 3 rings (SSSR count). The molecule has 1 N–H and O–H groups in total. The first-order valence-electron chi connectivity index (χ1n) is 5.69. The summed E-state index contributed by atoms with van der Waals surface area (Å²) in [4.78, 5) is 4.33. The third-order valence-electron chi connectivity index (χ3n) is 2.85. The lowest BCUT2D eigenvalue weighted by molar-refractivity contribution is 0.492. The van der Waals surface area contributed by atoms with E-state index in [1.54, 1.807) is 0 Å². The minimum Gasteiger partial charge on any atom is -0.306 e. The Kier molecular flexibility index (Phi) is 2.55. The Balaban J connectivity index is 2.08. The molecule has 0 aliphatic heterocycles. The second-order valence-corrected chi connectivity index (χ2v) is 4.11. The number of alkyl halides is 1. The second kappa shape index (κ2) is 4.21. The van der Waals surface area contributed by atoms with Gasteiger partial charge >= 0.3 is 0 Å². The number of fused-ring (bicyclic) bond motifs is 1. The molecule has 0 radical (unpaired) electrons. The molecule has 0 unspecified atom stereocenters. The number of halogens is 1. The van der Waals surface area contributed by atoms with Crippen LogP contribution in [0.2, 0.25) is 0 Å².